The minimum Gasteiger partial charge on any atom is -0.368 e. The summed E-state index contributed by atoms with van der Waals surface area (Å²) in [7, 11) is 0. The molecule has 2 aliphatic heterocycles. The average Bonchev–Trinajstić information content (AvgIpc) is 3.02. The molecule has 1 N–H and O–H groups in total. The molecule has 1 aromatic carbocycles. The zero-order chi connectivity index (χ0) is 20.6. The van der Waals surface area contributed by atoms with Crippen LogP contribution in [-0.4, -0.2) is 64.9 Å². The van der Waals surface area contributed by atoms with Crippen LogP contribution < -0.4 is 10.2 Å². The van der Waals surface area contributed by atoms with Crippen LogP contribution in [0.5, 0.6) is 0 Å². The summed E-state index contributed by atoms with van der Waals surface area (Å²) in [6.45, 7) is 8.99. The second-order valence-corrected chi connectivity index (χ2v) is 8.14. The van der Waals surface area contributed by atoms with Gasteiger partial charge in [0.1, 0.15) is 11.6 Å². The number of hydrogen-bond acceptors (Lipinski definition) is 4. The molecule has 0 spiro atoms. The van der Waals surface area contributed by atoms with E-state index in [4.69, 9.17) is 4.99 Å². The number of aromatic nitrogens is 3. The van der Waals surface area contributed by atoms with E-state index in [1.807, 2.05) is 0 Å². The molecule has 0 bridgehead atoms. The highest BCUT2D eigenvalue weighted by Crippen LogP contribution is 2.16. The maximum absolute atomic E-state index is 4.92. The van der Waals surface area contributed by atoms with Crippen LogP contribution in [-0.2, 0) is 19.4 Å². The van der Waals surface area contributed by atoms with Gasteiger partial charge in [-0.25, -0.2) is 0 Å². The van der Waals surface area contributed by atoms with Crippen molar-refractivity contribution in [3.05, 3.63) is 42.0 Å². The molecule has 4 rings (SSSR count). The molecule has 0 amide bonds. The fraction of sp³-hybridized carbons (Fsp3) is 0.609. The molecule has 0 aliphatic carbocycles. The lowest BCUT2D eigenvalue weighted by atomic mass is 10.2. The Hall–Kier alpha value is -1.84. The van der Waals surface area contributed by atoms with Gasteiger partial charge in [-0.3, -0.25) is 4.99 Å². The number of hydrogen-bond donors (Lipinski definition) is 1. The standard InChI is InChI=1S/C23H35N7.HI/c1-2-24-23(29-18-16-28(17-19-29)20-10-5-3-6-11-20)25-14-9-13-22-27-26-21-12-7-4-8-15-30(21)22;/h3,5-6,10-11H,2,4,7-9,12-19H2,1H3,(H,24,25);1H. The summed E-state index contributed by atoms with van der Waals surface area (Å²) in [4.78, 5) is 9.77. The number of guanidine groups is 1. The molecular formula is C23H36IN7. The normalized spacial score (nSPS) is 17.0. The largest absolute Gasteiger partial charge is 0.368 e. The second-order valence-electron chi connectivity index (χ2n) is 8.14. The predicted molar refractivity (Wildman–Crippen MR) is 138 cm³/mol. The van der Waals surface area contributed by atoms with Crippen molar-refractivity contribution in [2.75, 3.05) is 44.2 Å². The topological polar surface area (TPSA) is 61.6 Å². The van der Waals surface area contributed by atoms with Crippen molar-refractivity contribution in [2.24, 2.45) is 4.99 Å². The van der Waals surface area contributed by atoms with Crippen LogP contribution in [0.3, 0.4) is 0 Å². The van der Waals surface area contributed by atoms with Crippen molar-refractivity contribution in [3.8, 4) is 0 Å². The first kappa shape index (κ1) is 23.8. The molecule has 170 valence electrons. The fourth-order valence-corrected chi connectivity index (χ4v) is 4.39. The van der Waals surface area contributed by atoms with E-state index in [0.717, 1.165) is 76.9 Å². The van der Waals surface area contributed by atoms with Crippen molar-refractivity contribution in [3.63, 3.8) is 0 Å². The fourth-order valence-electron chi connectivity index (χ4n) is 4.39. The number of anilines is 1. The lowest BCUT2D eigenvalue weighted by Gasteiger charge is -2.37. The third-order valence-electron chi connectivity index (χ3n) is 6.04. The maximum Gasteiger partial charge on any atom is 0.194 e. The van der Waals surface area contributed by atoms with Crippen molar-refractivity contribution in [2.45, 2.75) is 52.0 Å². The molecule has 8 heteroatoms. The highest BCUT2D eigenvalue weighted by atomic mass is 127. The molecule has 2 aromatic rings. The molecule has 1 saturated heterocycles. The van der Waals surface area contributed by atoms with E-state index < -0.39 is 0 Å². The number of nitrogens with one attached hydrogen (secondary N) is 1. The maximum atomic E-state index is 4.92. The van der Waals surface area contributed by atoms with Gasteiger partial charge < -0.3 is 19.7 Å². The van der Waals surface area contributed by atoms with Gasteiger partial charge in [-0.2, -0.15) is 0 Å². The minimum atomic E-state index is 0. The summed E-state index contributed by atoms with van der Waals surface area (Å²) >= 11 is 0. The molecule has 1 aromatic heterocycles. The predicted octanol–water partition coefficient (Wildman–Crippen LogP) is 3.34. The van der Waals surface area contributed by atoms with Crippen molar-refractivity contribution >= 4 is 35.6 Å². The van der Waals surface area contributed by atoms with Crippen molar-refractivity contribution < 1.29 is 0 Å². The molecule has 0 atom stereocenters. The Balaban J connectivity index is 0.00000272. The Morgan fingerprint density at radius 3 is 2.58 bits per heavy atom. The molecule has 2 aliphatic rings. The third-order valence-corrected chi connectivity index (χ3v) is 6.04. The van der Waals surface area contributed by atoms with Crippen LogP contribution in [0.2, 0.25) is 0 Å². The van der Waals surface area contributed by atoms with Crippen LogP contribution in [0.15, 0.2) is 35.3 Å². The number of aryl methyl sites for hydroxylation is 2. The smallest absolute Gasteiger partial charge is 0.194 e. The van der Waals surface area contributed by atoms with E-state index in [1.54, 1.807) is 0 Å². The van der Waals surface area contributed by atoms with Gasteiger partial charge in [0.25, 0.3) is 0 Å². The van der Waals surface area contributed by atoms with Crippen LogP contribution in [0.4, 0.5) is 5.69 Å². The Morgan fingerprint density at radius 2 is 1.81 bits per heavy atom. The molecule has 3 heterocycles. The first-order valence-corrected chi connectivity index (χ1v) is 11.6. The van der Waals surface area contributed by atoms with Gasteiger partial charge in [0, 0.05) is 64.3 Å². The van der Waals surface area contributed by atoms with Gasteiger partial charge in [0.15, 0.2) is 5.96 Å². The second kappa shape index (κ2) is 12.3. The summed E-state index contributed by atoms with van der Waals surface area (Å²) in [5, 5.41) is 12.4. The van der Waals surface area contributed by atoms with Gasteiger partial charge in [-0.15, -0.1) is 34.2 Å². The van der Waals surface area contributed by atoms with Crippen molar-refractivity contribution in [1.82, 2.24) is 25.0 Å². The van der Waals surface area contributed by atoms with E-state index in [0.29, 0.717) is 0 Å². The van der Waals surface area contributed by atoms with E-state index in [-0.39, 0.29) is 24.0 Å². The first-order chi connectivity index (χ1) is 14.8. The van der Waals surface area contributed by atoms with Crippen molar-refractivity contribution in [1.29, 1.82) is 0 Å². The highest BCUT2D eigenvalue weighted by molar-refractivity contribution is 14.0. The van der Waals surface area contributed by atoms with E-state index in [1.165, 1.54) is 30.8 Å². The number of piperazine rings is 1. The summed E-state index contributed by atoms with van der Waals surface area (Å²) in [6.07, 6.45) is 6.83. The number of benzene rings is 1. The SMILES string of the molecule is CCNC(=NCCCc1nnc2n1CCCCC2)N1CCN(c2ccccc2)CC1.I. The number of fused-ring (bicyclic) bond motifs is 1. The average molecular weight is 537 g/mol. The summed E-state index contributed by atoms with van der Waals surface area (Å²) in [5.41, 5.74) is 1.31. The first-order valence-electron chi connectivity index (χ1n) is 11.6. The number of aliphatic imine (C=N–C) groups is 1. The quantitative estimate of drug-likeness (QED) is 0.265. The zero-order valence-electron chi connectivity index (χ0n) is 18.7. The molecule has 0 unspecified atom stereocenters. The Labute approximate surface area is 203 Å². The summed E-state index contributed by atoms with van der Waals surface area (Å²) in [6, 6.07) is 10.7. The van der Waals surface area contributed by atoms with Crippen LogP contribution in [0, 0.1) is 0 Å². The van der Waals surface area contributed by atoms with E-state index >= 15 is 0 Å². The molecular weight excluding hydrogens is 501 g/mol. The molecule has 7 nitrogen and oxygen atoms in total. The lowest BCUT2D eigenvalue weighted by molar-refractivity contribution is 0.372. The zero-order valence-corrected chi connectivity index (χ0v) is 21.0. The van der Waals surface area contributed by atoms with Gasteiger partial charge in [0.2, 0.25) is 0 Å². The number of nitrogens with zero attached hydrogens (tertiary/aromatic N) is 6. The molecule has 0 radical (unpaired) electrons. The van der Waals surface area contributed by atoms with Crippen LogP contribution in [0.1, 0.15) is 44.3 Å². The molecule has 1 fully saturated rings. The summed E-state index contributed by atoms with van der Waals surface area (Å²) < 4.78 is 2.35. The van der Waals surface area contributed by atoms with Gasteiger partial charge in [0.05, 0.1) is 0 Å². The lowest BCUT2D eigenvalue weighted by Crippen LogP contribution is -2.52. The van der Waals surface area contributed by atoms with Gasteiger partial charge in [-0.1, -0.05) is 24.6 Å². The van der Waals surface area contributed by atoms with Crippen LogP contribution in [0.25, 0.3) is 0 Å². The van der Waals surface area contributed by atoms with Gasteiger partial charge in [-0.05, 0) is 38.3 Å². The Bertz CT molecular complexity index is 813. The Kier molecular flexibility index (Phi) is 9.42. The highest BCUT2D eigenvalue weighted by Gasteiger charge is 2.20. The number of para-hydroxylation sites is 1. The molecule has 31 heavy (non-hydrogen) atoms. The third kappa shape index (κ3) is 6.33. The molecule has 0 saturated carbocycles. The van der Waals surface area contributed by atoms with Crippen LogP contribution >= 0.6 is 24.0 Å². The van der Waals surface area contributed by atoms with E-state index in [2.05, 4.69) is 67.1 Å². The number of rotatable bonds is 6. The number of halogens is 1. The minimum absolute atomic E-state index is 0. The van der Waals surface area contributed by atoms with Gasteiger partial charge >= 0.3 is 0 Å². The van der Waals surface area contributed by atoms with E-state index in [9.17, 15) is 0 Å². The summed E-state index contributed by atoms with van der Waals surface area (Å²) in [5.74, 6) is 3.37. The Morgan fingerprint density at radius 1 is 1.00 bits per heavy atom. The monoisotopic (exact) mass is 537 g/mol.